The fraction of sp³-hybridized carbons (Fsp3) is 0.800. The lowest BCUT2D eigenvalue weighted by molar-refractivity contribution is 0.564. The molecule has 0 amide bonds. The highest BCUT2D eigenvalue weighted by Gasteiger charge is 2.07. The van der Waals surface area contributed by atoms with Crippen LogP contribution in [0.15, 0.2) is 4.99 Å². The van der Waals surface area contributed by atoms with Crippen LogP contribution in [0.5, 0.6) is 0 Å². The van der Waals surface area contributed by atoms with E-state index in [0.717, 1.165) is 19.5 Å². The third kappa shape index (κ3) is 1.99. The van der Waals surface area contributed by atoms with E-state index < -0.39 is 0 Å². The second kappa shape index (κ2) is 3.42. The van der Waals surface area contributed by atoms with Gasteiger partial charge in [0.2, 0.25) is 0 Å². The fourth-order valence-corrected chi connectivity index (χ4v) is 0.823. The van der Waals surface area contributed by atoms with Gasteiger partial charge in [-0.3, -0.25) is 16.3 Å². The Morgan fingerprint density at radius 1 is 1.89 bits per heavy atom. The van der Waals surface area contributed by atoms with E-state index >= 15 is 0 Å². The van der Waals surface area contributed by atoms with Gasteiger partial charge in [0.1, 0.15) is 0 Å². The minimum Gasteiger partial charge on any atom is -0.372 e. The number of nitrogens with two attached hydrogens (primary N) is 1. The van der Waals surface area contributed by atoms with E-state index in [-0.39, 0.29) is 0 Å². The van der Waals surface area contributed by atoms with Crippen LogP contribution in [-0.2, 0) is 0 Å². The molecule has 1 heterocycles. The lowest BCUT2D eigenvalue weighted by Gasteiger charge is -2.07. The second-order valence-electron chi connectivity index (χ2n) is 2.10. The number of aliphatic imine (C=N–C) groups is 1. The molecule has 0 spiro atoms. The summed E-state index contributed by atoms with van der Waals surface area (Å²) < 4.78 is 0. The predicted octanol–water partition coefficient (Wildman–Crippen LogP) is -1.16. The van der Waals surface area contributed by atoms with Crippen LogP contribution in [0.1, 0.15) is 6.42 Å². The van der Waals surface area contributed by atoms with Crippen molar-refractivity contribution in [3.8, 4) is 0 Å². The van der Waals surface area contributed by atoms with Crippen molar-refractivity contribution < 1.29 is 0 Å². The van der Waals surface area contributed by atoms with Gasteiger partial charge in [-0.1, -0.05) is 0 Å². The van der Waals surface area contributed by atoms with E-state index in [1.54, 1.807) is 6.34 Å². The average Bonchev–Trinajstić information content (AvgIpc) is 2.34. The minimum absolute atomic E-state index is 0.501. The normalized spacial score (nSPS) is 24.3. The molecule has 4 N–H and O–H groups in total. The summed E-state index contributed by atoms with van der Waals surface area (Å²) in [5.74, 6) is 5.09. The van der Waals surface area contributed by atoms with Gasteiger partial charge >= 0.3 is 0 Å². The summed E-state index contributed by atoms with van der Waals surface area (Å²) in [6.45, 7) is 1.74. The Hall–Kier alpha value is -0.610. The Balaban J connectivity index is 2.01. The van der Waals surface area contributed by atoms with Gasteiger partial charge in [-0.05, 0) is 6.42 Å². The van der Waals surface area contributed by atoms with E-state index in [1.807, 2.05) is 0 Å². The fourth-order valence-electron chi connectivity index (χ4n) is 0.823. The molecule has 52 valence electrons. The highest BCUT2D eigenvalue weighted by Crippen LogP contribution is 1.93. The Morgan fingerprint density at radius 2 is 2.78 bits per heavy atom. The first-order valence-electron chi connectivity index (χ1n) is 3.11. The Bertz CT molecular complexity index is 93.1. The van der Waals surface area contributed by atoms with Crippen molar-refractivity contribution in [3.63, 3.8) is 0 Å². The van der Waals surface area contributed by atoms with Gasteiger partial charge in [-0.2, -0.15) is 0 Å². The van der Waals surface area contributed by atoms with Crippen molar-refractivity contribution >= 4 is 6.34 Å². The lowest BCUT2D eigenvalue weighted by Crippen LogP contribution is -2.32. The molecule has 0 radical (unpaired) electrons. The van der Waals surface area contributed by atoms with Crippen molar-refractivity contribution in [2.75, 3.05) is 13.1 Å². The maximum Gasteiger partial charge on any atom is 0.0827 e. The van der Waals surface area contributed by atoms with E-state index in [4.69, 9.17) is 5.84 Å². The molecule has 0 aromatic rings. The molecule has 1 atom stereocenters. The summed E-state index contributed by atoms with van der Waals surface area (Å²) in [5.41, 5.74) is 2.60. The Labute approximate surface area is 54.5 Å². The summed E-state index contributed by atoms with van der Waals surface area (Å²) >= 11 is 0. The summed E-state index contributed by atoms with van der Waals surface area (Å²) in [5, 5.41) is 3.10. The van der Waals surface area contributed by atoms with Crippen LogP contribution in [0.2, 0.25) is 0 Å². The first-order chi connectivity index (χ1) is 4.43. The zero-order chi connectivity index (χ0) is 6.53. The zero-order valence-corrected chi connectivity index (χ0v) is 5.30. The molecule has 0 saturated heterocycles. The van der Waals surface area contributed by atoms with Crippen LogP contribution in [-0.4, -0.2) is 25.5 Å². The van der Waals surface area contributed by atoms with Gasteiger partial charge in [0, 0.05) is 12.6 Å². The number of nitrogens with one attached hydrogen (secondary N) is 2. The first kappa shape index (κ1) is 6.51. The molecule has 1 aliphatic heterocycles. The standard InChI is InChI=1S/C5H12N4/c6-9-2-1-5-3-7-4-8-5/h4-5,9H,1-3,6H2,(H,7,8). The van der Waals surface area contributed by atoms with Crippen molar-refractivity contribution in [1.82, 2.24) is 10.7 Å². The lowest BCUT2D eigenvalue weighted by atomic mass is 10.2. The zero-order valence-electron chi connectivity index (χ0n) is 5.30. The maximum atomic E-state index is 5.09. The van der Waals surface area contributed by atoms with Crippen LogP contribution >= 0.6 is 0 Å². The van der Waals surface area contributed by atoms with Crippen LogP contribution < -0.4 is 16.6 Å². The molecular formula is C5H12N4. The van der Waals surface area contributed by atoms with Gasteiger partial charge in [0.15, 0.2) is 0 Å². The second-order valence-corrected chi connectivity index (χ2v) is 2.10. The van der Waals surface area contributed by atoms with Crippen molar-refractivity contribution in [2.24, 2.45) is 10.8 Å². The Morgan fingerprint density at radius 3 is 3.33 bits per heavy atom. The molecule has 0 aromatic heterocycles. The van der Waals surface area contributed by atoms with Gasteiger partial charge in [0.05, 0.1) is 12.9 Å². The van der Waals surface area contributed by atoms with Gasteiger partial charge in [-0.15, -0.1) is 0 Å². The molecule has 4 nitrogen and oxygen atoms in total. The van der Waals surface area contributed by atoms with E-state index in [9.17, 15) is 0 Å². The van der Waals surface area contributed by atoms with Gasteiger partial charge in [0.25, 0.3) is 0 Å². The number of rotatable bonds is 3. The quantitative estimate of drug-likeness (QED) is 0.332. The molecule has 0 bridgehead atoms. The van der Waals surface area contributed by atoms with Gasteiger partial charge in [-0.25, -0.2) is 0 Å². The van der Waals surface area contributed by atoms with E-state index in [0.29, 0.717) is 6.04 Å². The minimum atomic E-state index is 0.501. The smallest absolute Gasteiger partial charge is 0.0827 e. The molecule has 9 heavy (non-hydrogen) atoms. The largest absolute Gasteiger partial charge is 0.372 e. The summed E-state index contributed by atoms with van der Waals surface area (Å²) in [6.07, 6.45) is 2.79. The molecule has 1 aliphatic rings. The number of hydrogen-bond acceptors (Lipinski definition) is 4. The molecule has 0 fully saturated rings. The van der Waals surface area contributed by atoms with Crippen LogP contribution in [0, 0.1) is 0 Å². The average molecular weight is 128 g/mol. The molecule has 4 heteroatoms. The van der Waals surface area contributed by atoms with Crippen LogP contribution in [0.25, 0.3) is 0 Å². The molecule has 1 unspecified atom stereocenters. The summed E-state index contributed by atoms with van der Waals surface area (Å²) in [6, 6.07) is 0.501. The highest BCUT2D eigenvalue weighted by molar-refractivity contribution is 5.57. The van der Waals surface area contributed by atoms with Gasteiger partial charge < -0.3 is 5.32 Å². The van der Waals surface area contributed by atoms with Crippen LogP contribution in [0.3, 0.4) is 0 Å². The molecule has 0 aliphatic carbocycles. The first-order valence-corrected chi connectivity index (χ1v) is 3.11. The SMILES string of the molecule is NNCCC1CN=CN1. The monoisotopic (exact) mass is 128 g/mol. The van der Waals surface area contributed by atoms with E-state index in [1.165, 1.54) is 0 Å². The predicted molar refractivity (Wildman–Crippen MR) is 37.1 cm³/mol. The molecular weight excluding hydrogens is 116 g/mol. The maximum absolute atomic E-state index is 5.09. The number of hydrogen-bond donors (Lipinski definition) is 3. The Kier molecular flexibility index (Phi) is 2.48. The number of nitrogens with zero attached hydrogens (tertiary/aromatic N) is 1. The number of hydrazine groups is 1. The molecule has 1 rings (SSSR count). The van der Waals surface area contributed by atoms with Crippen molar-refractivity contribution in [2.45, 2.75) is 12.5 Å². The summed E-state index contributed by atoms with van der Waals surface area (Å²) in [7, 11) is 0. The highest BCUT2D eigenvalue weighted by atomic mass is 15.2. The van der Waals surface area contributed by atoms with Crippen molar-refractivity contribution in [1.29, 1.82) is 0 Å². The topological polar surface area (TPSA) is 62.4 Å². The summed E-state index contributed by atoms with van der Waals surface area (Å²) in [4.78, 5) is 4.01. The van der Waals surface area contributed by atoms with E-state index in [2.05, 4.69) is 15.7 Å². The third-order valence-electron chi connectivity index (χ3n) is 1.36. The molecule has 0 saturated carbocycles. The van der Waals surface area contributed by atoms with Crippen molar-refractivity contribution in [3.05, 3.63) is 0 Å². The third-order valence-corrected chi connectivity index (χ3v) is 1.36. The molecule has 0 aromatic carbocycles. The van der Waals surface area contributed by atoms with Crippen LogP contribution in [0.4, 0.5) is 0 Å².